The Morgan fingerprint density at radius 2 is 1.54 bits per heavy atom. The number of methoxy groups -OCH3 is 1. The minimum atomic E-state index is -0.184. The molecular weight excluding hydrogens is 512 g/mol. The van der Waals surface area contributed by atoms with Gasteiger partial charge in [-0.3, -0.25) is 9.59 Å². The zero-order valence-electron chi connectivity index (χ0n) is 24.9. The molecule has 218 valence electrons. The first-order valence-corrected chi connectivity index (χ1v) is 14.8. The summed E-state index contributed by atoms with van der Waals surface area (Å²) in [6.45, 7) is 10.1. The quantitative estimate of drug-likeness (QED) is 0.253. The summed E-state index contributed by atoms with van der Waals surface area (Å²) in [5.41, 5.74) is 4.98. The van der Waals surface area contributed by atoms with Crippen molar-refractivity contribution in [3.05, 3.63) is 83.4 Å². The maximum absolute atomic E-state index is 13.4. The van der Waals surface area contributed by atoms with Crippen molar-refractivity contribution in [1.29, 1.82) is 0 Å². The van der Waals surface area contributed by atoms with Crippen molar-refractivity contribution in [3.63, 3.8) is 0 Å². The number of unbranched alkanes of at least 4 members (excludes halogenated alkanes) is 2. The Bertz CT molecular complexity index is 1300. The molecule has 2 N–H and O–H groups in total. The van der Waals surface area contributed by atoms with Gasteiger partial charge in [-0.2, -0.15) is 0 Å². The Morgan fingerprint density at radius 1 is 0.854 bits per heavy atom. The molecule has 0 spiro atoms. The molecule has 0 bridgehead atoms. The minimum absolute atomic E-state index is 0.131. The van der Waals surface area contributed by atoms with E-state index in [2.05, 4.69) is 47.3 Å². The van der Waals surface area contributed by atoms with Crippen LogP contribution in [-0.4, -0.2) is 51.6 Å². The fourth-order valence-electron chi connectivity index (χ4n) is 5.15. The summed E-state index contributed by atoms with van der Waals surface area (Å²) < 4.78 is 5.57. The van der Waals surface area contributed by atoms with E-state index in [-0.39, 0.29) is 11.8 Å². The first kappa shape index (κ1) is 30.0. The third-order valence-electron chi connectivity index (χ3n) is 7.50. The molecule has 0 atom stereocenters. The highest BCUT2D eigenvalue weighted by molar-refractivity contribution is 6.06. The lowest BCUT2D eigenvalue weighted by Crippen LogP contribution is -2.47. The van der Waals surface area contributed by atoms with Gasteiger partial charge in [0.1, 0.15) is 5.75 Å². The van der Waals surface area contributed by atoms with E-state index in [1.54, 1.807) is 13.2 Å². The highest BCUT2D eigenvalue weighted by atomic mass is 16.5. The number of benzene rings is 3. The summed E-state index contributed by atoms with van der Waals surface area (Å²) >= 11 is 0. The number of para-hydroxylation sites is 2. The maximum atomic E-state index is 13.4. The molecule has 3 aromatic carbocycles. The van der Waals surface area contributed by atoms with E-state index < -0.39 is 0 Å². The van der Waals surface area contributed by atoms with Crippen LogP contribution in [0.2, 0.25) is 0 Å². The first-order chi connectivity index (χ1) is 19.9. The van der Waals surface area contributed by atoms with Crippen LogP contribution < -0.4 is 25.2 Å². The van der Waals surface area contributed by atoms with E-state index >= 15 is 0 Å². The Morgan fingerprint density at radius 3 is 2.20 bits per heavy atom. The SMILES string of the molecule is CCCCCc1ccc(C(=O)Nc2ccc(N3CCN(c4ccccc4OC)CC3)c(C(=O)NCC(C)C)c2)cc1. The van der Waals surface area contributed by atoms with Crippen LogP contribution in [0.25, 0.3) is 0 Å². The first-order valence-electron chi connectivity index (χ1n) is 14.8. The van der Waals surface area contributed by atoms with Crippen LogP contribution in [0.5, 0.6) is 5.75 Å². The maximum Gasteiger partial charge on any atom is 0.255 e. The zero-order valence-corrected chi connectivity index (χ0v) is 24.9. The number of anilines is 3. The molecule has 0 aliphatic carbocycles. The van der Waals surface area contributed by atoms with Crippen molar-refractivity contribution in [3.8, 4) is 5.75 Å². The van der Waals surface area contributed by atoms with Crippen molar-refractivity contribution in [1.82, 2.24) is 5.32 Å². The summed E-state index contributed by atoms with van der Waals surface area (Å²) in [7, 11) is 1.70. The summed E-state index contributed by atoms with van der Waals surface area (Å²) in [4.78, 5) is 31.0. The van der Waals surface area contributed by atoms with Crippen molar-refractivity contribution >= 4 is 28.9 Å². The van der Waals surface area contributed by atoms with E-state index in [4.69, 9.17) is 4.74 Å². The molecule has 2 amide bonds. The van der Waals surface area contributed by atoms with Gasteiger partial charge in [0.15, 0.2) is 0 Å². The molecule has 1 fully saturated rings. The predicted octanol–water partition coefficient (Wildman–Crippen LogP) is 6.39. The molecule has 0 saturated carbocycles. The number of piperazine rings is 1. The average molecular weight is 557 g/mol. The number of nitrogens with zero attached hydrogens (tertiary/aromatic N) is 2. The number of nitrogens with one attached hydrogen (secondary N) is 2. The van der Waals surface area contributed by atoms with Crippen molar-refractivity contribution in [2.75, 3.05) is 55.0 Å². The average Bonchev–Trinajstić information content (AvgIpc) is 3.00. The number of rotatable bonds is 12. The van der Waals surface area contributed by atoms with Crippen molar-refractivity contribution in [2.24, 2.45) is 5.92 Å². The van der Waals surface area contributed by atoms with Crippen LogP contribution >= 0.6 is 0 Å². The Labute approximate surface area is 244 Å². The highest BCUT2D eigenvalue weighted by Crippen LogP contribution is 2.31. The van der Waals surface area contributed by atoms with Gasteiger partial charge in [0.25, 0.3) is 11.8 Å². The normalized spacial score (nSPS) is 13.3. The van der Waals surface area contributed by atoms with Gasteiger partial charge >= 0.3 is 0 Å². The van der Waals surface area contributed by atoms with Gasteiger partial charge in [-0.25, -0.2) is 0 Å². The molecule has 4 rings (SSSR count). The van der Waals surface area contributed by atoms with E-state index in [1.807, 2.05) is 54.6 Å². The van der Waals surface area contributed by atoms with Gasteiger partial charge in [-0.15, -0.1) is 0 Å². The van der Waals surface area contributed by atoms with E-state index in [0.29, 0.717) is 29.3 Å². The van der Waals surface area contributed by atoms with Gasteiger partial charge in [-0.05, 0) is 66.8 Å². The molecule has 1 saturated heterocycles. The fourth-order valence-corrected chi connectivity index (χ4v) is 5.15. The lowest BCUT2D eigenvalue weighted by molar-refractivity contribution is 0.0948. The molecule has 0 radical (unpaired) electrons. The smallest absolute Gasteiger partial charge is 0.255 e. The standard InChI is InChI=1S/C34H44N4O3/c1-5-6-7-10-26-13-15-27(16-14-26)33(39)36-28-17-18-30(29(23-28)34(40)35-24-25(2)3)37-19-21-38(22-20-37)31-11-8-9-12-32(31)41-4/h8-9,11-18,23,25H,5-7,10,19-22,24H2,1-4H3,(H,35,40)(H,36,39). The number of carbonyl (C=O) groups excluding carboxylic acids is 2. The molecule has 1 aliphatic heterocycles. The highest BCUT2D eigenvalue weighted by Gasteiger charge is 2.24. The monoisotopic (exact) mass is 556 g/mol. The van der Waals surface area contributed by atoms with Crippen molar-refractivity contribution < 1.29 is 14.3 Å². The van der Waals surface area contributed by atoms with E-state index in [9.17, 15) is 9.59 Å². The summed E-state index contributed by atoms with van der Waals surface area (Å²) in [5.74, 6) is 0.880. The Balaban J connectivity index is 1.49. The number of carbonyl (C=O) groups is 2. The number of ether oxygens (including phenoxy) is 1. The second-order valence-corrected chi connectivity index (χ2v) is 11.1. The molecule has 3 aromatic rings. The van der Waals surface area contributed by atoms with E-state index in [0.717, 1.165) is 56.1 Å². The number of hydrogen-bond donors (Lipinski definition) is 2. The van der Waals surface area contributed by atoms with Crippen LogP contribution in [0.4, 0.5) is 17.1 Å². The molecular formula is C34H44N4O3. The second-order valence-electron chi connectivity index (χ2n) is 11.1. The van der Waals surface area contributed by atoms with Crippen LogP contribution in [-0.2, 0) is 6.42 Å². The second kappa shape index (κ2) is 14.6. The summed E-state index contributed by atoms with van der Waals surface area (Å²) in [6.07, 6.45) is 4.59. The minimum Gasteiger partial charge on any atom is -0.495 e. The van der Waals surface area contributed by atoms with Gasteiger partial charge in [0.2, 0.25) is 0 Å². The van der Waals surface area contributed by atoms with Crippen LogP contribution in [0.15, 0.2) is 66.7 Å². The van der Waals surface area contributed by atoms with Crippen molar-refractivity contribution in [2.45, 2.75) is 46.5 Å². The molecule has 1 heterocycles. The van der Waals surface area contributed by atoms with Gasteiger partial charge in [-0.1, -0.05) is 57.9 Å². The molecule has 7 heteroatoms. The Hall–Kier alpha value is -4.00. The number of aryl methyl sites for hydroxylation is 1. The van der Waals surface area contributed by atoms with Gasteiger partial charge in [0.05, 0.1) is 18.4 Å². The molecule has 0 aromatic heterocycles. The molecule has 41 heavy (non-hydrogen) atoms. The predicted molar refractivity (Wildman–Crippen MR) is 169 cm³/mol. The molecule has 1 aliphatic rings. The van der Waals surface area contributed by atoms with Crippen LogP contribution in [0.3, 0.4) is 0 Å². The topological polar surface area (TPSA) is 73.9 Å². The zero-order chi connectivity index (χ0) is 29.2. The summed E-state index contributed by atoms with van der Waals surface area (Å²) in [6, 6.07) is 21.5. The third kappa shape index (κ3) is 8.03. The lowest BCUT2D eigenvalue weighted by Gasteiger charge is -2.38. The molecule has 7 nitrogen and oxygen atoms in total. The Kier molecular flexibility index (Phi) is 10.7. The number of hydrogen-bond acceptors (Lipinski definition) is 5. The fraction of sp³-hybridized carbons (Fsp3) is 0.412. The summed E-state index contributed by atoms with van der Waals surface area (Å²) in [5, 5.41) is 6.06. The van der Waals surface area contributed by atoms with Gasteiger partial charge in [0, 0.05) is 49.7 Å². The third-order valence-corrected chi connectivity index (χ3v) is 7.50. The van der Waals surface area contributed by atoms with Crippen LogP contribution in [0, 0.1) is 5.92 Å². The molecule has 0 unspecified atom stereocenters. The van der Waals surface area contributed by atoms with E-state index in [1.165, 1.54) is 18.4 Å². The lowest BCUT2D eigenvalue weighted by atomic mass is 10.0. The number of amides is 2. The van der Waals surface area contributed by atoms with Gasteiger partial charge < -0.3 is 25.2 Å². The van der Waals surface area contributed by atoms with Crippen LogP contribution in [0.1, 0.15) is 66.3 Å². The largest absolute Gasteiger partial charge is 0.495 e.